The molecule has 0 spiro atoms. The summed E-state index contributed by atoms with van der Waals surface area (Å²) in [6.07, 6.45) is 54.9. The van der Waals surface area contributed by atoms with E-state index in [0.29, 0.717) is 12.8 Å². The molecule has 0 fully saturated rings. The van der Waals surface area contributed by atoms with Crippen molar-refractivity contribution in [3.63, 3.8) is 0 Å². The van der Waals surface area contributed by atoms with Gasteiger partial charge in [0, 0.05) is 19.3 Å². The number of rotatable bonds is 43. The maximum atomic E-state index is 12.8. The Kier molecular flexibility index (Phi) is 41.1. The molecule has 2 unspecified atom stereocenters. The molecule has 0 amide bonds. The fraction of sp³-hybridized carbons (Fsp3) is 0.717. The standard InChI is InChI=1S/C53H91NO7/c1-6-8-10-12-14-16-18-20-22-24-26-28-30-32-34-36-38-40-42-44-52(56)61-49(47-59-46-45-50(53(57)58)54(3,4)5)48-60-51(55)43-41-39-37-35-33-31-29-27-25-23-21-19-17-15-13-11-9-7-2/h8,10,14,16,19-23,25,27,29,49-50H,6-7,9,11-13,15,17-18,24,26,28,30-48H2,1-5H3/b10-8+,16-14+,21-19+,22-20+,25-23+,29-27+. The number of carbonyl (C=O) groups is 3. The smallest absolute Gasteiger partial charge is 0.306 e. The van der Waals surface area contributed by atoms with Gasteiger partial charge in [-0.3, -0.25) is 9.59 Å². The summed E-state index contributed by atoms with van der Waals surface area (Å²) in [6, 6.07) is -0.734. The second-order valence-corrected chi connectivity index (χ2v) is 17.4. The molecule has 0 aliphatic rings. The van der Waals surface area contributed by atoms with Crippen molar-refractivity contribution in [3.05, 3.63) is 72.9 Å². The Morgan fingerprint density at radius 2 is 0.984 bits per heavy atom. The lowest BCUT2D eigenvalue weighted by molar-refractivity contribution is -0.889. The summed E-state index contributed by atoms with van der Waals surface area (Å²) in [4.78, 5) is 37.0. The van der Waals surface area contributed by atoms with E-state index >= 15 is 0 Å². The number of allylic oxidation sites excluding steroid dienone is 12. The van der Waals surface area contributed by atoms with Crippen molar-refractivity contribution in [2.24, 2.45) is 0 Å². The van der Waals surface area contributed by atoms with Crippen LogP contribution in [0.5, 0.6) is 0 Å². The van der Waals surface area contributed by atoms with Gasteiger partial charge in [0.1, 0.15) is 12.6 Å². The normalized spacial score (nSPS) is 13.5. The van der Waals surface area contributed by atoms with E-state index in [4.69, 9.17) is 14.2 Å². The van der Waals surface area contributed by atoms with Crippen LogP contribution in [-0.4, -0.2) is 75.5 Å². The Morgan fingerprint density at radius 1 is 0.525 bits per heavy atom. The zero-order valence-electron chi connectivity index (χ0n) is 39.8. The average molecular weight is 854 g/mol. The highest BCUT2D eigenvalue weighted by Crippen LogP contribution is 2.14. The van der Waals surface area contributed by atoms with Gasteiger partial charge < -0.3 is 28.6 Å². The Labute approximate surface area is 374 Å². The van der Waals surface area contributed by atoms with Crippen molar-refractivity contribution in [2.45, 2.75) is 206 Å². The second-order valence-electron chi connectivity index (χ2n) is 17.4. The highest BCUT2D eigenvalue weighted by Gasteiger charge is 2.25. The van der Waals surface area contributed by atoms with Gasteiger partial charge in [0.05, 0.1) is 40.3 Å². The maximum Gasteiger partial charge on any atom is 0.306 e. The molecule has 8 heteroatoms. The van der Waals surface area contributed by atoms with Gasteiger partial charge in [-0.1, -0.05) is 177 Å². The number of carboxylic acids is 1. The van der Waals surface area contributed by atoms with Crippen molar-refractivity contribution < 1.29 is 38.2 Å². The Balaban J connectivity index is 4.34. The van der Waals surface area contributed by atoms with Gasteiger partial charge in [0.15, 0.2) is 6.10 Å². The number of likely N-dealkylation sites (N-methyl/N-ethyl adjacent to an activating group) is 1. The number of hydrogen-bond acceptors (Lipinski definition) is 7. The third-order valence-corrected chi connectivity index (χ3v) is 10.6. The molecule has 0 bridgehead atoms. The van der Waals surface area contributed by atoms with E-state index in [1.54, 1.807) is 21.1 Å². The van der Waals surface area contributed by atoms with Crippen LogP contribution in [0.3, 0.4) is 0 Å². The lowest BCUT2D eigenvalue weighted by atomic mass is 10.1. The van der Waals surface area contributed by atoms with E-state index in [1.165, 1.54) is 70.6 Å². The van der Waals surface area contributed by atoms with Crippen LogP contribution in [0.2, 0.25) is 0 Å². The minimum Gasteiger partial charge on any atom is -0.544 e. The molecule has 0 aromatic heterocycles. The SMILES string of the molecule is CC/C=C/C/C=C/C/C=C/CCCCCCCCCCCC(=O)OC(COCCC(C(=O)[O-])[N+](C)(C)C)COC(=O)CCCCCCC/C=C/C=C/C=C/CCCCCCC. The largest absolute Gasteiger partial charge is 0.544 e. The van der Waals surface area contributed by atoms with Gasteiger partial charge in [-0.05, 0) is 70.6 Å². The highest BCUT2D eigenvalue weighted by atomic mass is 16.6. The first-order chi connectivity index (χ1) is 29.6. The summed E-state index contributed by atoms with van der Waals surface area (Å²) in [6.45, 7) is 4.51. The molecule has 0 aliphatic heterocycles. The number of aliphatic carboxylic acids is 1. The number of hydrogen-bond donors (Lipinski definition) is 0. The first-order valence-electron chi connectivity index (χ1n) is 24.5. The van der Waals surface area contributed by atoms with Crippen molar-refractivity contribution in [2.75, 3.05) is 41.0 Å². The molecule has 0 saturated heterocycles. The van der Waals surface area contributed by atoms with Crippen LogP contribution in [0, 0.1) is 0 Å². The van der Waals surface area contributed by atoms with E-state index in [-0.39, 0.29) is 42.7 Å². The summed E-state index contributed by atoms with van der Waals surface area (Å²) in [5.41, 5.74) is 0. The Morgan fingerprint density at radius 3 is 1.49 bits per heavy atom. The second kappa shape index (κ2) is 43.4. The first-order valence-corrected chi connectivity index (χ1v) is 24.5. The molecule has 0 saturated carbocycles. The monoisotopic (exact) mass is 854 g/mol. The minimum atomic E-state index is -1.13. The predicted octanol–water partition coefficient (Wildman–Crippen LogP) is 12.6. The molecule has 2 atom stereocenters. The molecule has 0 aromatic carbocycles. The van der Waals surface area contributed by atoms with E-state index in [2.05, 4.69) is 86.8 Å². The third-order valence-electron chi connectivity index (χ3n) is 10.6. The summed E-state index contributed by atoms with van der Waals surface area (Å²) < 4.78 is 17.2. The van der Waals surface area contributed by atoms with Gasteiger partial charge >= 0.3 is 11.9 Å². The van der Waals surface area contributed by atoms with Gasteiger partial charge in [-0.2, -0.15) is 0 Å². The molecular formula is C53H91NO7. The number of unbranched alkanes of at least 4 members (excludes halogenated alkanes) is 19. The van der Waals surface area contributed by atoms with E-state index < -0.39 is 18.1 Å². The highest BCUT2D eigenvalue weighted by molar-refractivity contribution is 5.70. The van der Waals surface area contributed by atoms with Crippen molar-refractivity contribution in [1.29, 1.82) is 0 Å². The van der Waals surface area contributed by atoms with Crippen LogP contribution in [0.25, 0.3) is 0 Å². The quantitative estimate of drug-likeness (QED) is 0.0198. The molecule has 61 heavy (non-hydrogen) atoms. The first kappa shape index (κ1) is 57.8. The number of esters is 2. The van der Waals surface area contributed by atoms with Crippen LogP contribution >= 0.6 is 0 Å². The van der Waals surface area contributed by atoms with Crippen LogP contribution in [0.15, 0.2) is 72.9 Å². The minimum absolute atomic E-state index is 0.0287. The summed E-state index contributed by atoms with van der Waals surface area (Å²) in [7, 11) is 5.40. The van der Waals surface area contributed by atoms with Crippen LogP contribution in [0.4, 0.5) is 0 Å². The predicted molar refractivity (Wildman–Crippen MR) is 254 cm³/mol. The molecule has 0 rings (SSSR count). The molecule has 350 valence electrons. The van der Waals surface area contributed by atoms with E-state index in [0.717, 1.165) is 89.9 Å². The fourth-order valence-corrected chi connectivity index (χ4v) is 6.85. The van der Waals surface area contributed by atoms with E-state index in [9.17, 15) is 19.5 Å². The van der Waals surface area contributed by atoms with Gasteiger partial charge in [-0.25, -0.2) is 0 Å². The van der Waals surface area contributed by atoms with Crippen molar-refractivity contribution in [1.82, 2.24) is 0 Å². The van der Waals surface area contributed by atoms with Crippen molar-refractivity contribution >= 4 is 17.9 Å². The Bertz CT molecular complexity index is 1230. The molecule has 8 nitrogen and oxygen atoms in total. The molecule has 0 radical (unpaired) electrons. The Hall–Kier alpha value is -3.23. The lowest BCUT2D eigenvalue weighted by Crippen LogP contribution is -2.55. The summed E-state index contributed by atoms with van der Waals surface area (Å²) in [5, 5.41) is 11.7. The summed E-state index contributed by atoms with van der Waals surface area (Å²) in [5.74, 6) is -1.77. The van der Waals surface area contributed by atoms with Crippen molar-refractivity contribution in [3.8, 4) is 0 Å². The molecule has 0 aromatic rings. The van der Waals surface area contributed by atoms with Gasteiger partial charge in [-0.15, -0.1) is 0 Å². The number of carbonyl (C=O) groups excluding carboxylic acids is 3. The fourth-order valence-electron chi connectivity index (χ4n) is 6.85. The number of carboxylic acid groups (broad SMARTS) is 1. The maximum absolute atomic E-state index is 12.8. The van der Waals surface area contributed by atoms with Crippen LogP contribution < -0.4 is 5.11 Å². The summed E-state index contributed by atoms with van der Waals surface area (Å²) >= 11 is 0. The van der Waals surface area contributed by atoms with Gasteiger partial charge in [0.25, 0.3) is 0 Å². The average Bonchev–Trinajstić information content (AvgIpc) is 3.22. The lowest BCUT2D eigenvalue weighted by Gasteiger charge is -2.34. The van der Waals surface area contributed by atoms with E-state index in [1.807, 2.05) is 0 Å². The van der Waals surface area contributed by atoms with Crippen LogP contribution in [0.1, 0.15) is 194 Å². The molecule has 0 N–H and O–H groups in total. The van der Waals surface area contributed by atoms with Gasteiger partial charge in [0.2, 0.25) is 0 Å². The number of ether oxygens (including phenoxy) is 3. The molecular weight excluding hydrogens is 763 g/mol. The molecule has 0 aliphatic carbocycles. The number of quaternary nitrogens is 1. The number of nitrogens with zero attached hydrogens (tertiary/aromatic N) is 1. The molecule has 0 heterocycles. The van der Waals surface area contributed by atoms with Crippen LogP contribution in [-0.2, 0) is 28.6 Å². The topological polar surface area (TPSA) is 102 Å². The third kappa shape index (κ3) is 41.9. The zero-order valence-corrected chi connectivity index (χ0v) is 39.8. The zero-order chi connectivity index (χ0) is 44.9.